The molecule has 3 fully saturated rings. The molecule has 1 unspecified atom stereocenters. The van der Waals surface area contributed by atoms with Crippen LogP contribution in [0, 0.1) is 0 Å². The van der Waals surface area contributed by atoms with E-state index in [1.54, 1.807) is 0 Å². The predicted octanol–water partition coefficient (Wildman–Crippen LogP) is 2.42. The van der Waals surface area contributed by atoms with Crippen molar-refractivity contribution >= 4 is 5.97 Å². The van der Waals surface area contributed by atoms with Gasteiger partial charge in [0.25, 0.3) is 0 Å². The van der Waals surface area contributed by atoms with E-state index in [2.05, 4.69) is 9.80 Å². The maximum absolute atomic E-state index is 12.4. The zero-order valence-electron chi connectivity index (χ0n) is 13.4. The van der Waals surface area contributed by atoms with Crippen molar-refractivity contribution in [2.45, 2.75) is 76.4 Å². The summed E-state index contributed by atoms with van der Waals surface area (Å²) >= 11 is 0. The summed E-state index contributed by atoms with van der Waals surface area (Å²) in [5.41, 5.74) is 0. The van der Waals surface area contributed by atoms with Crippen molar-refractivity contribution in [2.75, 3.05) is 26.2 Å². The summed E-state index contributed by atoms with van der Waals surface area (Å²) in [4.78, 5) is 17.5. The van der Waals surface area contributed by atoms with Crippen LogP contribution in [0.3, 0.4) is 0 Å². The lowest BCUT2D eigenvalue weighted by Crippen LogP contribution is -2.60. The molecule has 1 aliphatic heterocycles. The van der Waals surface area contributed by atoms with E-state index in [-0.39, 0.29) is 12.0 Å². The minimum atomic E-state index is -0.0256. The lowest BCUT2D eigenvalue weighted by molar-refractivity contribution is -0.154. The van der Waals surface area contributed by atoms with Crippen molar-refractivity contribution in [3.8, 4) is 0 Å². The van der Waals surface area contributed by atoms with Crippen LogP contribution in [0.25, 0.3) is 0 Å². The highest BCUT2D eigenvalue weighted by Gasteiger charge is 2.40. The van der Waals surface area contributed by atoms with Gasteiger partial charge in [-0.1, -0.05) is 25.7 Å². The van der Waals surface area contributed by atoms with Gasteiger partial charge in [0.2, 0.25) is 0 Å². The second-order valence-corrected chi connectivity index (χ2v) is 6.88. The third kappa shape index (κ3) is 3.42. The molecule has 0 aromatic rings. The van der Waals surface area contributed by atoms with Crippen molar-refractivity contribution in [3.05, 3.63) is 0 Å². The SMILES string of the molecule is CCOC(=O)C1CN(C2CCCC2)CCN1C1CCCC1. The van der Waals surface area contributed by atoms with E-state index in [1.165, 1.54) is 51.4 Å². The summed E-state index contributed by atoms with van der Waals surface area (Å²) in [5, 5.41) is 0. The van der Waals surface area contributed by atoms with E-state index in [9.17, 15) is 4.79 Å². The summed E-state index contributed by atoms with van der Waals surface area (Å²) in [5.74, 6) is 0.00657. The number of carbonyl (C=O) groups is 1. The topological polar surface area (TPSA) is 32.8 Å². The normalized spacial score (nSPS) is 30.0. The largest absolute Gasteiger partial charge is 0.465 e. The number of carbonyl (C=O) groups excluding carboxylic acids is 1. The molecule has 0 amide bonds. The molecular weight excluding hydrogens is 264 g/mol. The van der Waals surface area contributed by atoms with Crippen LogP contribution in [-0.2, 0) is 9.53 Å². The molecule has 0 bridgehead atoms. The van der Waals surface area contributed by atoms with Crippen LogP contribution in [0.4, 0.5) is 0 Å². The Hall–Kier alpha value is -0.610. The van der Waals surface area contributed by atoms with Gasteiger partial charge in [-0.05, 0) is 32.6 Å². The Labute approximate surface area is 128 Å². The minimum absolute atomic E-state index is 0.00657. The van der Waals surface area contributed by atoms with Crippen LogP contribution in [0.5, 0.6) is 0 Å². The molecular formula is C17H30N2O2. The molecule has 3 aliphatic rings. The summed E-state index contributed by atoms with van der Waals surface area (Å²) < 4.78 is 5.37. The average Bonchev–Trinajstić information content (AvgIpc) is 3.20. The van der Waals surface area contributed by atoms with Gasteiger partial charge in [0, 0.05) is 31.7 Å². The van der Waals surface area contributed by atoms with Crippen molar-refractivity contribution in [1.82, 2.24) is 9.80 Å². The number of rotatable bonds is 4. The van der Waals surface area contributed by atoms with Crippen molar-refractivity contribution in [2.24, 2.45) is 0 Å². The molecule has 0 N–H and O–H groups in total. The fourth-order valence-corrected chi connectivity index (χ4v) is 4.54. The molecule has 120 valence electrons. The van der Waals surface area contributed by atoms with Crippen LogP contribution in [0.15, 0.2) is 0 Å². The van der Waals surface area contributed by atoms with Gasteiger partial charge in [-0.25, -0.2) is 0 Å². The first kappa shape index (κ1) is 15.3. The monoisotopic (exact) mass is 294 g/mol. The Morgan fingerprint density at radius 1 is 1.00 bits per heavy atom. The zero-order valence-corrected chi connectivity index (χ0v) is 13.4. The van der Waals surface area contributed by atoms with E-state index in [0.717, 1.165) is 19.6 Å². The lowest BCUT2D eigenvalue weighted by Gasteiger charge is -2.45. The van der Waals surface area contributed by atoms with E-state index in [0.29, 0.717) is 18.7 Å². The maximum Gasteiger partial charge on any atom is 0.324 e. The summed E-state index contributed by atoms with van der Waals surface area (Å²) in [7, 11) is 0. The Morgan fingerprint density at radius 2 is 1.62 bits per heavy atom. The average molecular weight is 294 g/mol. The molecule has 3 rings (SSSR count). The molecule has 2 saturated carbocycles. The van der Waals surface area contributed by atoms with Gasteiger partial charge < -0.3 is 4.74 Å². The third-order valence-corrected chi connectivity index (χ3v) is 5.65. The number of esters is 1. The Kier molecular flexibility index (Phi) is 5.17. The molecule has 0 aromatic heterocycles. The lowest BCUT2D eigenvalue weighted by atomic mass is 10.0. The number of ether oxygens (including phenoxy) is 1. The van der Waals surface area contributed by atoms with Gasteiger partial charge in [-0.2, -0.15) is 0 Å². The first-order valence-electron chi connectivity index (χ1n) is 8.96. The zero-order chi connectivity index (χ0) is 14.7. The smallest absolute Gasteiger partial charge is 0.324 e. The Bertz CT molecular complexity index is 349. The summed E-state index contributed by atoms with van der Waals surface area (Å²) in [6.45, 7) is 5.48. The highest BCUT2D eigenvalue weighted by Crippen LogP contribution is 2.30. The molecule has 4 heteroatoms. The van der Waals surface area contributed by atoms with Gasteiger partial charge >= 0.3 is 5.97 Å². The number of hydrogen-bond acceptors (Lipinski definition) is 4. The highest BCUT2D eigenvalue weighted by molar-refractivity contribution is 5.76. The molecule has 0 aromatic carbocycles. The fraction of sp³-hybridized carbons (Fsp3) is 0.941. The number of hydrogen-bond donors (Lipinski definition) is 0. The summed E-state index contributed by atoms with van der Waals surface area (Å²) in [6.07, 6.45) is 10.5. The molecule has 1 heterocycles. The molecule has 2 aliphatic carbocycles. The second-order valence-electron chi connectivity index (χ2n) is 6.88. The molecule has 0 spiro atoms. The number of piperazine rings is 1. The van der Waals surface area contributed by atoms with E-state index in [4.69, 9.17) is 4.74 Å². The van der Waals surface area contributed by atoms with Crippen LogP contribution in [0.1, 0.15) is 58.3 Å². The quantitative estimate of drug-likeness (QED) is 0.746. The van der Waals surface area contributed by atoms with Gasteiger partial charge in [0.05, 0.1) is 6.61 Å². The molecule has 21 heavy (non-hydrogen) atoms. The minimum Gasteiger partial charge on any atom is -0.465 e. The first-order valence-corrected chi connectivity index (χ1v) is 8.96. The van der Waals surface area contributed by atoms with Crippen molar-refractivity contribution < 1.29 is 9.53 Å². The van der Waals surface area contributed by atoms with Crippen LogP contribution in [0.2, 0.25) is 0 Å². The molecule has 1 saturated heterocycles. The molecule has 0 radical (unpaired) electrons. The number of nitrogens with zero attached hydrogens (tertiary/aromatic N) is 2. The second kappa shape index (κ2) is 7.10. The van der Waals surface area contributed by atoms with Crippen molar-refractivity contribution in [3.63, 3.8) is 0 Å². The van der Waals surface area contributed by atoms with Crippen LogP contribution < -0.4 is 0 Å². The molecule has 1 atom stereocenters. The van der Waals surface area contributed by atoms with Gasteiger partial charge in [-0.3, -0.25) is 14.6 Å². The van der Waals surface area contributed by atoms with Gasteiger partial charge in [0.1, 0.15) is 6.04 Å². The first-order chi connectivity index (χ1) is 10.3. The van der Waals surface area contributed by atoms with Crippen LogP contribution >= 0.6 is 0 Å². The predicted molar refractivity (Wildman–Crippen MR) is 83.2 cm³/mol. The van der Waals surface area contributed by atoms with E-state index in [1.807, 2.05) is 6.92 Å². The Morgan fingerprint density at radius 3 is 2.24 bits per heavy atom. The van der Waals surface area contributed by atoms with E-state index < -0.39 is 0 Å². The summed E-state index contributed by atoms with van der Waals surface area (Å²) in [6, 6.07) is 1.31. The highest BCUT2D eigenvalue weighted by atomic mass is 16.5. The van der Waals surface area contributed by atoms with E-state index >= 15 is 0 Å². The third-order valence-electron chi connectivity index (χ3n) is 5.65. The Balaban J connectivity index is 1.67. The van der Waals surface area contributed by atoms with Gasteiger partial charge in [-0.15, -0.1) is 0 Å². The van der Waals surface area contributed by atoms with Crippen molar-refractivity contribution in [1.29, 1.82) is 0 Å². The fourth-order valence-electron chi connectivity index (χ4n) is 4.54. The van der Waals surface area contributed by atoms with Gasteiger partial charge in [0.15, 0.2) is 0 Å². The molecule has 4 nitrogen and oxygen atoms in total. The standard InChI is InChI=1S/C17H30N2O2/c1-2-21-17(20)16-13-18(14-7-3-4-8-14)11-12-19(16)15-9-5-6-10-15/h14-16H,2-13H2,1H3. The van der Waals surface area contributed by atoms with Crippen LogP contribution in [-0.4, -0.2) is 60.1 Å². The maximum atomic E-state index is 12.4.